The fourth-order valence-electron chi connectivity index (χ4n) is 1.77. The zero-order valence-electron chi connectivity index (χ0n) is 13.4. The van der Waals surface area contributed by atoms with Crippen LogP contribution in [0.4, 0.5) is 13.2 Å². The monoisotopic (exact) mass is 349 g/mol. The smallest absolute Gasteiger partial charge is 0.471 e. The summed E-state index contributed by atoms with van der Waals surface area (Å²) >= 11 is 0. The van der Waals surface area contributed by atoms with Crippen LogP contribution in [0.25, 0.3) is 0 Å². The van der Waals surface area contributed by atoms with Crippen molar-refractivity contribution in [2.75, 3.05) is 20.3 Å². The first-order chi connectivity index (χ1) is 11.2. The summed E-state index contributed by atoms with van der Waals surface area (Å²) in [6.07, 6.45) is -4.96. The summed E-state index contributed by atoms with van der Waals surface area (Å²) in [5.74, 6) is -2.15. The van der Waals surface area contributed by atoms with Crippen molar-refractivity contribution in [2.24, 2.45) is 0 Å². The minimum Gasteiger partial charge on any atom is -0.493 e. The minimum absolute atomic E-state index is 0.213. The molecule has 0 aliphatic heterocycles. The number of hydrogen-bond donors (Lipinski definition) is 1. The highest BCUT2D eigenvalue weighted by Gasteiger charge is 2.39. The Morgan fingerprint density at radius 2 is 1.92 bits per heavy atom. The standard InChI is InChI=1S/C15H18F3NO5/c1-4-23-13(20)8-24-11-6-5-10(7-12(11)22-3)9(2)19-14(21)15(16,17)18/h5-7,9H,4,8H2,1-3H3,(H,19,21). The summed E-state index contributed by atoms with van der Waals surface area (Å²) in [4.78, 5) is 22.2. The predicted octanol–water partition coefficient (Wildman–Crippen LogP) is 2.38. The van der Waals surface area contributed by atoms with Gasteiger partial charge in [-0.2, -0.15) is 13.2 Å². The number of carbonyl (C=O) groups is 2. The molecule has 0 fully saturated rings. The van der Waals surface area contributed by atoms with E-state index in [2.05, 4.69) is 0 Å². The Balaban J connectivity index is 2.82. The van der Waals surface area contributed by atoms with Crippen LogP contribution in [0.3, 0.4) is 0 Å². The van der Waals surface area contributed by atoms with Gasteiger partial charge in [-0.05, 0) is 31.5 Å². The summed E-state index contributed by atoms with van der Waals surface area (Å²) in [5.41, 5.74) is 0.382. The van der Waals surface area contributed by atoms with Crippen LogP contribution in [0.2, 0.25) is 0 Å². The van der Waals surface area contributed by atoms with Crippen molar-refractivity contribution < 1.29 is 37.0 Å². The number of esters is 1. The number of nitrogens with one attached hydrogen (secondary N) is 1. The van der Waals surface area contributed by atoms with Gasteiger partial charge < -0.3 is 19.5 Å². The Morgan fingerprint density at radius 3 is 2.46 bits per heavy atom. The van der Waals surface area contributed by atoms with Crippen LogP contribution in [0, 0.1) is 0 Å². The number of alkyl halides is 3. The second kappa shape index (κ2) is 8.42. The average molecular weight is 349 g/mol. The second-order valence-corrected chi connectivity index (χ2v) is 4.70. The number of hydrogen-bond acceptors (Lipinski definition) is 5. The van der Waals surface area contributed by atoms with Gasteiger partial charge in [-0.1, -0.05) is 6.07 Å². The molecule has 134 valence electrons. The molecule has 1 unspecified atom stereocenters. The van der Waals surface area contributed by atoms with Crippen molar-refractivity contribution in [3.05, 3.63) is 23.8 Å². The Bertz CT molecular complexity index is 589. The summed E-state index contributed by atoms with van der Waals surface area (Å²) < 4.78 is 51.9. The molecule has 0 heterocycles. The lowest BCUT2D eigenvalue weighted by molar-refractivity contribution is -0.174. The van der Waals surface area contributed by atoms with E-state index in [0.29, 0.717) is 5.56 Å². The van der Waals surface area contributed by atoms with Gasteiger partial charge in [-0.25, -0.2) is 4.79 Å². The van der Waals surface area contributed by atoms with Crippen LogP contribution in [0.15, 0.2) is 18.2 Å². The number of amides is 1. The molecular weight excluding hydrogens is 331 g/mol. The Kier molecular flexibility index (Phi) is 6.87. The Hall–Kier alpha value is -2.45. The molecule has 9 heteroatoms. The third kappa shape index (κ3) is 5.64. The van der Waals surface area contributed by atoms with Gasteiger partial charge in [0.05, 0.1) is 19.8 Å². The molecule has 0 aliphatic carbocycles. The van der Waals surface area contributed by atoms with E-state index in [0.717, 1.165) is 0 Å². The quantitative estimate of drug-likeness (QED) is 0.765. The third-order valence-electron chi connectivity index (χ3n) is 2.94. The summed E-state index contributed by atoms with van der Waals surface area (Å²) in [6.45, 7) is 2.94. The van der Waals surface area contributed by atoms with E-state index >= 15 is 0 Å². The number of halogens is 3. The van der Waals surface area contributed by atoms with Crippen LogP contribution >= 0.6 is 0 Å². The molecule has 24 heavy (non-hydrogen) atoms. The van der Waals surface area contributed by atoms with Crippen molar-refractivity contribution in [3.63, 3.8) is 0 Å². The second-order valence-electron chi connectivity index (χ2n) is 4.70. The molecule has 1 atom stereocenters. The van der Waals surface area contributed by atoms with Gasteiger partial charge in [0.25, 0.3) is 0 Å². The van der Waals surface area contributed by atoms with Crippen molar-refractivity contribution in [2.45, 2.75) is 26.1 Å². The van der Waals surface area contributed by atoms with Gasteiger partial charge in [-0.15, -0.1) is 0 Å². The van der Waals surface area contributed by atoms with Gasteiger partial charge in [0.15, 0.2) is 18.1 Å². The highest BCUT2D eigenvalue weighted by Crippen LogP contribution is 2.30. The molecule has 0 radical (unpaired) electrons. The SMILES string of the molecule is CCOC(=O)COc1ccc(C(C)NC(=O)C(F)(F)F)cc1OC. The van der Waals surface area contributed by atoms with Crippen molar-refractivity contribution >= 4 is 11.9 Å². The van der Waals surface area contributed by atoms with Crippen LogP contribution in [-0.2, 0) is 14.3 Å². The number of rotatable bonds is 7. The fourth-order valence-corrected chi connectivity index (χ4v) is 1.77. The molecule has 6 nitrogen and oxygen atoms in total. The van der Waals surface area contributed by atoms with Crippen molar-refractivity contribution in [1.29, 1.82) is 0 Å². The van der Waals surface area contributed by atoms with Gasteiger partial charge >= 0.3 is 18.1 Å². The summed E-state index contributed by atoms with van der Waals surface area (Å²) in [7, 11) is 1.34. The molecule has 0 spiro atoms. The van der Waals surface area contributed by atoms with Crippen LogP contribution in [0.5, 0.6) is 11.5 Å². The molecule has 0 bridgehead atoms. The maximum atomic E-state index is 12.3. The molecule has 1 aromatic rings. The van der Waals surface area contributed by atoms with E-state index in [1.54, 1.807) is 6.92 Å². The first-order valence-corrected chi connectivity index (χ1v) is 7.03. The van der Waals surface area contributed by atoms with Crippen LogP contribution in [0.1, 0.15) is 25.5 Å². The molecule has 1 rings (SSSR count). The van der Waals surface area contributed by atoms with Crippen LogP contribution < -0.4 is 14.8 Å². The molecule has 1 amide bonds. The number of carbonyl (C=O) groups excluding carboxylic acids is 2. The van der Waals surface area contributed by atoms with E-state index in [1.165, 1.54) is 32.2 Å². The first-order valence-electron chi connectivity index (χ1n) is 7.03. The van der Waals surface area contributed by atoms with Crippen LogP contribution in [-0.4, -0.2) is 38.4 Å². The zero-order valence-corrected chi connectivity index (χ0v) is 13.4. The average Bonchev–Trinajstić information content (AvgIpc) is 2.52. The molecule has 0 saturated heterocycles. The van der Waals surface area contributed by atoms with Gasteiger partial charge in [0, 0.05) is 0 Å². The largest absolute Gasteiger partial charge is 0.493 e. The van der Waals surface area contributed by atoms with E-state index in [4.69, 9.17) is 14.2 Å². The Morgan fingerprint density at radius 1 is 1.25 bits per heavy atom. The molecule has 0 aromatic heterocycles. The molecule has 1 aromatic carbocycles. The fraction of sp³-hybridized carbons (Fsp3) is 0.467. The number of ether oxygens (including phenoxy) is 3. The maximum Gasteiger partial charge on any atom is 0.471 e. The van der Waals surface area contributed by atoms with Gasteiger partial charge in [0.2, 0.25) is 0 Å². The van der Waals surface area contributed by atoms with Gasteiger partial charge in [0.1, 0.15) is 0 Å². The lowest BCUT2D eigenvalue weighted by Gasteiger charge is -2.17. The number of benzene rings is 1. The molecule has 0 aliphatic rings. The Labute approximate surface area is 136 Å². The lowest BCUT2D eigenvalue weighted by Crippen LogP contribution is -2.38. The normalized spacial score (nSPS) is 12.2. The summed E-state index contributed by atoms with van der Waals surface area (Å²) in [6, 6.07) is 3.42. The highest BCUT2D eigenvalue weighted by molar-refractivity contribution is 5.82. The third-order valence-corrected chi connectivity index (χ3v) is 2.94. The van der Waals surface area contributed by atoms with E-state index in [-0.39, 0.29) is 24.7 Å². The van der Waals surface area contributed by atoms with Crippen molar-refractivity contribution in [1.82, 2.24) is 5.32 Å². The highest BCUT2D eigenvalue weighted by atomic mass is 19.4. The topological polar surface area (TPSA) is 73.9 Å². The van der Waals surface area contributed by atoms with E-state index in [9.17, 15) is 22.8 Å². The van der Waals surface area contributed by atoms with Gasteiger partial charge in [-0.3, -0.25) is 4.79 Å². The minimum atomic E-state index is -4.96. The molecule has 1 N–H and O–H groups in total. The maximum absolute atomic E-state index is 12.3. The summed E-state index contributed by atoms with van der Waals surface area (Å²) in [5, 5.41) is 1.84. The van der Waals surface area contributed by atoms with E-state index in [1.807, 2.05) is 5.32 Å². The molecular formula is C15H18F3NO5. The predicted molar refractivity (Wildman–Crippen MR) is 77.7 cm³/mol. The van der Waals surface area contributed by atoms with Crippen molar-refractivity contribution in [3.8, 4) is 11.5 Å². The number of methoxy groups -OCH3 is 1. The lowest BCUT2D eigenvalue weighted by atomic mass is 10.1. The first kappa shape index (κ1) is 19.6. The zero-order chi connectivity index (χ0) is 18.3. The molecule has 0 saturated carbocycles. The van der Waals surface area contributed by atoms with E-state index < -0.39 is 24.1 Å².